The number of rotatable bonds is 6. The first-order valence-corrected chi connectivity index (χ1v) is 10.4. The molecule has 0 unspecified atom stereocenters. The number of benzene rings is 3. The van der Waals surface area contributed by atoms with Gasteiger partial charge in [0, 0.05) is 22.7 Å². The van der Waals surface area contributed by atoms with Gasteiger partial charge in [0.15, 0.2) is 0 Å². The van der Waals surface area contributed by atoms with Gasteiger partial charge in [-0.3, -0.25) is 10.2 Å². The summed E-state index contributed by atoms with van der Waals surface area (Å²) in [6.45, 7) is 0.403. The molecule has 0 radical (unpaired) electrons. The number of carbonyl (C=O) groups excluding carboxylic acids is 1. The van der Waals surface area contributed by atoms with Gasteiger partial charge >= 0.3 is 0 Å². The summed E-state index contributed by atoms with van der Waals surface area (Å²) in [5, 5.41) is 15.2. The smallest absolute Gasteiger partial charge is 0.254 e. The average molecular weight is 418 g/mol. The first kappa shape index (κ1) is 19.8. The monoisotopic (exact) mass is 417 g/mol. The Kier molecular flexibility index (Phi) is 5.59. The molecule has 0 fully saturated rings. The van der Waals surface area contributed by atoms with Gasteiger partial charge in [0.1, 0.15) is 5.82 Å². The van der Waals surface area contributed by atoms with Crippen molar-refractivity contribution >= 4 is 39.4 Å². The second kappa shape index (κ2) is 8.47. The Morgan fingerprint density at radius 1 is 1.03 bits per heavy atom. The number of fused-ring (bicyclic) bond motifs is 1. The highest BCUT2D eigenvalue weighted by Gasteiger charge is 2.21. The van der Waals surface area contributed by atoms with E-state index in [0.717, 1.165) is 15.6 Å². The number of carbonyl (C=O) groups is 1. The Bertz CT molecular complexity index is 1230. The van der Waals surface area contributed by atoms with E-state index in [1.165, 1.54) is 12.1 Å². The van der Waals surface area contributed by atoms with Crippen LogP contribution in [0, 0.1) is 11.2 Å². The van der Waals surface area contributed by atoms with Crippen LogP contribution >= 0.6 is 11.3 Å². The largest absolute Gasteiger partial charge is 0.398 e. The molecular weight excluding hydrogens is 397 g/mol. The molecule has 0 aliphatic rings. The van der Waals surface area contributed by atoms with E-state index in [-0.39, 0.29) is 22.5 Å². The highest BCUT2D eigenvalue weighted by Crippen LogP contribution is 2.25. The third-order valence-electron chi connectivity index (χ3n) is 4.94. The number of nitrogens with two attached hydrogens (primary N) is 1. The summed E-state index contributed by atoms with van der Waals surface area (Å²) in [6.07, 6.45) is 0.680. The Balaban J connectivity index is 1.59. The zero-order valence-electron chi connectivity index (χ0n) is 16.1. The number of hydrogen-bond acceptors (Lipinski definition) is 4. The summed E-state index contributed by atoms with van der Waals surface area (Å²) in [7, 11) is 0. The van der Waals surface area contributed by atoms with Gasteiger partial charge in [-0.05, 0) is 46.8 Å². The Hall–Kier alpha value is -3.51. The minimum absolute atomic E-state index is 0.0519. The molecule has 1 heterocycles. The van der Waals surface area contributed by atoms with E-state index >= 15 is 4.39 Å². The predicted octanol–water partition coefficient (Wildman–Crippen LogP) is 5.01. The quantitative estimate of drug-likeness (QED) is 0.304. The molecule has 4 rings (SSSR count). The molecule has 6 heteroatoms. The first-order valence-electron chi connectivity index (χ1n) is 9.51. The molecule has 4 nitrogen and oxygen atoms in total. The third-order valence-corrected chi connectivity index (χ3v) is 5.88. The highest BCUT2D eigenvalue weighted by molar-refractivity contribution is 7.09. The molecule has 1 aromatic heterocycles. The minimum atomic E-state index is -0.776. The van der Waals surface area contributed by atoms with Crippen LogP contribution in [0.15, 0.2) is 72.1 Å². The minimum Gasteiger partial charge on any atom is -0.398 e. The molecule has 4 N–H and O–H groups in total. The van der Waals surface area contributed by atoms with E-state index in [1.807, 2.05) is 53.9 Å². The van der Waals surface area contributed by atoms with Gasteiger partial charge in [0.05, 0.1) is 16.8 Å². The van der Waals surface area contributed by atoms with Gasteiger partial charge in [-0.1, -0.05) is 42.5 Å². The number of amides is 1. The summed E-state index contributed by atoms with van der Waals surface area (Å²) >= 11 is 1.61. The number of nitrogens with one attached hydrogen (secondary N) is 2. The third kappa shape index (κ3) is 3.95. The Morgan fingerprint density at radius 3 is 2.60 bits per heavy atom. The lowest BCUT2D eigenvalue weighted by molar-refractivity contribution is 0.0950. The lowest BCUT2D eigenvalue weighted by Crippen LogP contribution is -2.27. The first-order chi connectivity index (χ1) is 14.5. The van der Waals surface area contributed by atoms with E-state index < -0.39 is 11.7 Å². The van der Waals surface area contributed by atoms with Gasteiger partial charge in [-0.15, -0.1) is 11.3 Å². The molecule has 0 saturated carbocycles. The normalized spacial score (nSPS) is 10.8. The van der Waals surface area contributed by atoms with Crippen LogP contribution in [-0.4, -0.2) is 18.2 Å². The predicted molar refractivity (Wildman–Crippen MR) is 121 cm³/mol. The van der Waals surface area contributed by atoms with E-state index in [2.05, 4.69) is 5.32 Å². The number of anilines is 1. The average Bonchev–Trinajstić information content (AvgIpc) is 3.27. The molecule has 0 saturated heterocycles. The van der Waals surface area contributed by atoms with Crippen LogP contribution in [0.25, 0.3) is 10.8 Å². The fourth-order valence-corrected chi connectivity index (χ4v) is 4.07. The number of halogens is 1. The number of thiophene rings is 1. The van der Waals surface area contributed by atoms with E-state index in [9.17, 15) is 4.79 Å². The topological polar surface area (TPSA) is 79.0 Å². The molecule has 4 aromatic rings. The van der Waals surface area contributed by atoms with Crippen molar-refractivity contribution in [3.8, 4) is 0 Å². The molecule has 0 aliphatic carbocycles. The lowest BCUT2D eigenvalue weighted by atomic mass is 9.96. The van der Waals surface area contributed by atoms with E-state index in [0.29, 0.717) is 18.5 Å². The second-order valence-electron chi connectivity index (χ2n) is 6.91. The molecule has 150 valence electrons. The molecule has 30 heavy (non-hydrogen) atoms. The van der Waals surface area contributed by atoms with Crippen LogP contribution in [0.4, 0.5) is 10.1 Å². The van der Waals surface area contributed by atoms with Crippen LogP contribution in [0.1, 0.15) is 26.4 Å². The number of hydrogen-bond donors (Lipinski definition) is 3. The van der Waals surface area contributed by atoms with Crippen LogP contribution < -0.4 is 11.1 Å². The summed E-state index contributed by atoms with van der Waals surface area (Å²) in [5.41, 5.74) is 6.43. The summed E-state index contributed by atoms with van der Waals surface area (Å²) in [5.74, 6) is -1.29. The number of nitrogen functional groups attached to an aromatic ring is 1. The Labute approximate surface area is 177 Å². The van der Waals surface area contributed by atoms with Gasteiger partial charge in [-0.2, -0.15) is 0 Å². The van der Waals surface area contributed by atoms with E-state index in [1.54, 1.807) is 17.4 Å². The maximum atomic E-state index is 15.3. The van der Waals surface area contributed by atoms with Crippen molar-refractivity contribution < 1.29 is 9.18 Å². The lowest BCUT2D eigenvalue weighted by Gasteiger charge is -2.13. The van der Waals surface area contributed by atoms with Crippen LogP contribution in [0.2, 0.25) is 0 Å². The summed E-state index contributed by atoms with van der Waals surface area (Å²) < 4.78 is 15.3. The summed E-state index contributed by atoms with van der Waals surface area (Å²) in [6, 6.07) is 20.0. The van der Waals surface area contributed by atoms with Crippen LogP contribution in [0.5, 0.6) is 0 Å². The van der Waals surface area contributed by atoms with Crippen molar-refractivity contribution in [3.63, 3.8) is 0 Å². The molecule has 0 aliphatic heterocycles. The van der Waals surface area contributed by atoms with Crippen molar-refractivity contribution in [1.82, 2.24) is 5.32 Å². The van der Waals surface area contributed by atoms with E-state index in [4.69, 9.17) is 11.1 Å². The van der Waals surface area contributed by atoms with Crippen molar-refractivity contribution in [3.05, 3.63) is 99.5 Å². The fraction of sp³-hybridized carbons (Fsp3) is 0.0833. The maximum Gasteiger partial charge on any atom is 0.254 e. The SMILES string of the molecule is N=C(c1ccc2ccccc2c1)c1c(N)ccc(C(=O)NCCc2cccs2)c1F. The van der Waals surface area contributed by atoms with Gasteiger partial charge in [-0.25, -0.2) is 4.39 Å². The fourth-order valence-electron chi connectivity index (χ4n) is 3.36. The van der Waals surface area contributed by atoms with Crippen molar-refractivity contribution in [2.75, 3.05) is 12.3 Å². The molecule has 0 atom stereocenters. The zero-order valence-corrected chi connectivity index (χ0v) is 16.9. The molecule has 0 bridgehead atoms. The molecule has 1 amide bonds. The zero-order chi connectivity index (χ0) is 21.1. The molecular formula is C24H20FN3OS. The van der Waals surface area contributed by atoms with Gasteiger partial charge in [0.2, 0.25) is 0 Å². The van der Waals surface area contributed by atoms with Crippen molar-refractivity contribution in [2.45, 2.75) is 6.42 Å². The molecule has 0 spiro atoms. The standard InChI is InChI=1S/C24H20FN3OS/c25-22-19(24(29)28-12-11-18-6-3-13-30-18)9-10-20(26)21(22)23(27)17-8-7-15-4-1-2-5-16(15)14-17/h1-10,13-14,27H,11-12,26H2,(H,28,29). The van der Waals surface area contributed by atoms with Gasteiger partial charge < -0.3 is 11.1 Å². The van der Waals surface area contributed by atoms with Gasteiger partial charge in [0.25, 0.3) is 5.91 Å². The highest BCUT2D eigenvalue weighted by atomic mass is 32.1. The van der Waals surface area contributed by atoms with Crippen LogP contribution in [0.3, 0.4) is 0 Å². The van der Waals surface area contributed by atoms with Crippen molar-refractivity contribution in [2.24, 2.45) is 0 Å². The van der Waals surface area contributed by atoms with Crippen molar-refractivity contribution in [1.29, 1.82) is 5.41 Å². The summed E-state index contributed by atoms with van der Waals surface area (Å²) in [4.78, 5) is 13.7. The Morgan fingerprint density at radius 2 is 1.83 bits per heavy atom. The van der Waals surface area contributed by atoms with Crippen LogP contribution in [-0.2, 0) is 6.42 Å². The molecule has 3 aromatic carbocycles. The second-order valence-corrected chi connectivity index (χ2v) is 7.95. The maximum absolute atomic E-state index is 15.3.